The predicted molar refractivity (Wildman–Crippen MR) is 236 cm³/mol. The molecule has 274 valence electrons. The second-order valence-electron chi connectivity index (χ2n) is 19.1. The molecule has 0 N–H and O–H groups in total. The van der Waals surface area contributed by atoms with E-state index >= 15 is 0 Å². The van der Waals surface area contributed by atoms with Crippen molar-refractivity contribution in [3.63, 3.8) is 0 Å². The van der Waals surface area contributed by atoms with Gasteiger partial charge in [0.25, 0.3) is 6.71 Å². The largest absolute Gasteiger partial charge is 0.456 e. The number of aryl methyl sites for hydroxylation is 3. The summed E-state index contributed by atoms with van der Waals surface area (Å²) >= 11 is 0. The molecule has 0 unspecified atom stereocenters. The van der Waals surface area contributed by atoms with E-state index in [0.29, 0.717) is 0 Å². The van der Waals surface area contributed by atoms with Crippen LogP contribution in [0.3, 0.4) is 0 Å². The third-order valence-corrected chi connectivity index (χ3v) is 13.3. The molecular formula is C51H51BN2O. The van der Waals surface area contributed by atoms with Crippen LogP contribution >= 0.6 is 0 Å². The van der Waals surface area contributed by atoms with Crippen molar-refractivity contribution in [1.82, 2.24) is 0 Å². The highest BCUT2D eigenvalue weighted by atomic mass is 16.3. The highest BCUT2D eigenvalue weighted by molar-refractivity contribution is 7.00. The molecule has 4 heteroatoms. The molecule has 10 rings (SSSR count). The Morgan fingerprint density at radius 2 is 1.24 bits per heavy atom. The number of fused-ring (bicyclic) bond motifs is 9. The molecule has 0 radical (unpaired) electrons. The van der Waals surface area contributed by atoms with E-state index in [2.05, 4.69) is 182 Å². The Morgan fingerprint density at radius 3 is 1.95 bits per heavy atom. The Bertz CT molecular complexity index is 2760. The van der Waals surface area contributed by atoms with Gasteiger partial charge in [0.05, 0.1) is 11.1 Å². The van der Waals surface area contributed by atoms with Gasteiger partial charge in [-0.25, -0.2) is 0 Å². The highest BCUT2D eigenvalue weighted by Crippen LogP contribution is 2.52. The molecule has 0 fully saturated rings. The van der Waals surface area contributed by atoms with Crippen LogP contribution in [0.2, 0.25) is 0 Å². The van der Waals surface area contributed by atoms with Gasteiger partial charge in [-0.3, -0.25) is 0 Å². The van der Waals surface area contributed by atoms with Crippen molar-refractivity contribution in [3.8, 4) is 0 Å². The summed E-state index contributed by atoms with van der Waals surface area (Å²) in [6.07, 6.45) is 2.35. The lowest BCUT2D eigenvalue weighted by molar-refractivity contribution is 0.332. The van der Waals surface area contributed by atoms with Crippen molar-refractivity contribution < 1.29 is 4.42 Å². The number of nitrogens with zero attached hydrogens (tertiary/aromatic N) is 2. The quantitative estimate of drug-likeness (QED) is 0.166. The topological polar surface area (TPSA) is 19.6 Å². The van der Waals surface area contributed by atoms with Crippen LogP contribution in [0.4, 0.5) is 34.1 Å². The maximum atomic E-state index is 6.63. The number of anilines is 6. The lowest BCUT2D eigenvalue weighted by atomic mass is 9.33. The Labute approximate surface area is 327 Å². The summed E-state index contributed by atoms with van der Waals surface area (Å²) in [4.78, 5) is 5.20. The molecule has 0 spiro atoms. The molecule has 0 amide bonds. The fraction of sp³-hybridized carbons (Fsp3) is 0.294. The molecule has 0 bridgehead atoms. The molecular weight excluding hydrogens is 667 g/mol. The lowest BCUT2D eigenvalue weighted by Crippen LogP contribution is -2.62. The fourth-order valence-electron chi connectivity index (χ4n) is 10.2. The van der Waals surface area contributed by atoms with Crippen molar-refractivity contribution in [2.45, 2.75) is 98.3 Å². The zero-order chi connectivity index (χ0) is 38.3. The second kappa shape index (κ2) is 11.4. The molecule has 55 heavy (non-hydrogen) atoms. The van der Waals surface area contributed by atoms with Gasteiger partial charge in [0, 0.05) is 33.8 Å². The van der Waals surface area contributed by atoms with E-state index in [1.54, 1.807) is 0 Å². The molecule has 7 aromatic rings. The second-order valence-corrected chi connectivity index (χ2v) is 19.1. The minimum atomic E-state index is 0.0328. The number of furan rings is 1. The van der Waals surface area contributed by atoms with Crippen molar-refractivity contribution in [2.75, 3.05) is 9.80 Å². The maximum Gasteiger partial charge on any atom is 0.252 e. The van der Waals surface area contributed by atoms with Gasteiger partial charge in [-0.2, -0.15) is 0 Å². The highest BCUT2D eigenvalue weighted by Gasteiger charge is 2.47. The van der Waals surface area contributed by atoms with E-state index in [4.69, 9.17) is 4.42 Å². The van der Waals surface area contributed by atoms with Crippen molar-refractivity contribution in [3.05, 3.63) is 137 Å². The summed E-state index contributed by atoms with van der Waals surface area (Å²) in [5.74, 6) is 0. The standard InChI is InChI=1S/C51H51BN2O/c1-30-25-42-47-43(26-30)54(39-17-13-11-15-31(39)2)48-37(20-22-45-46(48)34-16-12-14-18-44(34)55-45)52(47)38-28-35-36(51(9,10)24-23-50(35,7)8)29-41(38)53(42)40-21-19-33(27-32(40)3)49(4,5)6/h11-22,25-29H,23-24H2,1-10H3. The number of para-hydroxylation sites is 2. The zero-order valence-corrected chi connectivity index (χ0v) is 34.1. The van der Waals surface area contributed by atoms with Gasteiger partial charge in [-0.1, -0.05) is 109 Å². The summed E-state index contributed by atoms with van der Waals surface area (Å²) in [7, 11) is 0. The van der Waals surface area contributed by atoms with Gasteiger partial charge in [-0.05, 0) is 142 Å². The third-order valence-electron chi connectivity index (χ3n) is 13.3. The normalized spacial score (nSPS) is 16.6. The smallest absolute Gasteiger partial charge is 0.252 e. The monoisotopic (exact) mass is 718 g/mol. The van der Waals surface area contributed by atoms with Crippen LogP contribution in [0.15, 0.2) is 108 Å². The fourth-order valence-corrected chi connectivity index (χ4v) is 10.2. The summed E-state index contributed by atoms with van der Waals surface area (Å²) in [5.41, 5.74) is 21.8. The number of benzene rings is 6. The van der Waals surface area contributed by atoms with E-state index in [0.717, 1.165) is 16.6 Å². The number of hydrogen-bond acceptors (Lipinski definition) is 3. The Hall–Kier alpha value is -5.22. The molecule has 3 aliphatic rings. The minimum Gasteiger partial charge on any atom is -0.456 e. The van der Waals surface area contributed by atoms with Gasteiger partial charge in [0.15, 0.2) is 0 Å². The molecule has 0 saturated heterocycles. The van der Waals surface area contributed by atoms with E-state index in [-0.39, 0.29) is 23.0 Å². The van der Waals surface area contributed by atoms with E-state index in [9.17, 15) is 0 Å². The van der Waals surface area contributed by atoms with Crippen LogP contribution in [0.25, 0.3) is 21.9 Å². The van der Waals surface area contributed by atoms with Gasteiger partial charge in [-0.15, -0.1) is 0 Å². The van der Waals surface area contributed by atoms with Crippen LogP contribution in [0, 0.1) is 20.8 Å². The van der Waals surface area contributed by atoms with Crippen molar-refractivity contribution in [2.24, 2.45) is 0 Å². The van der Waals surface area contributed by atoms with Crippen LogP contribution in [-0.4, -0.2) is 6.71 Å². The molecule has 0 atom stereocenters. The molecule has 3 heterocycles. The van der Waals surface area contributed by atoms with E-state index in [1.165, 1.54) is 102 Å². The lowest BCUT2D eigenvalue weighted by Gasteiger charge is -2.48. The maximum absolute atomic E-state index is 6.63. The summed E-state index contributed by atoms with van der Waals surface area (Å²) in [5, 5.41) is 2.34. The Balaban J connectivity index is 1.38. The molecule has 6 aromatic carbocycles. The van der Waals surface area contributed by atoms with Crippen LogP contribution < -0.4 is 26.2 Å². The Morgan fingerprint density at radius 1 is 0.582 bits per heavy atom. The van der Waals surface area contributed by atoms with Crippen molar-refractivity contribution in [1.29, 1.82) is 0 Å². The Kier molecular flexibility index (Phi) is 7.12. The third kappa shape index (κ3) is 4.89. The SMILES string of the molecule is Cc1cc2c3c(c1)N(c1ccccc1C)c1c(ccc4oc5ccccc5c14)B3c1cc3c(cc1N2c1ccc(C(C)(C)C)cc1C)C(C)(C)CCC3(C)C. The van der Waals surface area contributed by atoms with Crippen LogP contribution in [0.5, 0.6) is 0 Å². The molecule has 3 nitrogen and oxygen atoms in total. The van der Waals surface area contributed by atoms with Crippen LogP contribution in [-0.2, 0) is 16.2 Å². The van der Waals surface area contributed by atoms with E-state index < -0.39 is 0 Å². The van der Waals surface area contributed by atoms with Gasteiger partial charge < -0.3 is 14.2 Å². The average Bonchev–Trinajstić information content (AvgIpc) is 3.52. The molecule has 1 aromatic heterocycles. The molecule has 2 aliphatic heterocycles. The molecule has 0 saturated carbocycles. The average molecular weight is 719 g/mol. The summed E-state index contributed by atoms with van der Waals surface area (Å²) in [6, 6.07) is 39.3. The summed E-state index contributed by atoms with van der Waals surface area (Å²) in [6.45, 7) is 23.6. The first kappa shape index (κ1) is 34.3. The number of rotatable bonds is 2. The molecule has 1 aliphatic carbocycles. The predicted octanol–water partition coefficient (Wildman–Crippen LogP) is 12.2. The zero-order valence-electron chi connectivity index (χ0n) is 34.1. The number of hydrogen-bond donors (Lipinski definition) is 0. The first-order valence-corrected chi connectivity index (χ1v) is 20.2. The van der Waals surface area contributed by atoms with Crippen molar-refractivity contribution >= 4 is 79.2 Å². The first-order valence-electron chi connectivity index (χ1n) is 20.2. The van der Waals surface area contributed by atoms with Gasteiger partial charge in [0.2, 0.25) is 0 Å². The van der Waals surface area contributed by atoms with E-state index in [1.807, 2.05) is 0 Å². The van der Waals surface area contributed by atoms with Crippen LogP contribution in [0.1, 0.15) is 94.7 Å². The minimum absolute atomic E-state index is 0.0328. The summed E-state index contributed by atoms with van der Waals surface area (Å²) < 4.78 is 6.63. The van der Waals surface area contributed by atoms with Gasteiger partial charge >= 0.3 is 0 Å². The first-order chi connectivity index (χ1) is 26.1. The van der Waals surface area contributed by atoms with Gasteiger partial charge in [0.1, 0.15) is 11.2 Å².